The molecule has 3 aromatic rings. The van der Waals surface area contributed by atoms with Crippen LogP contribution in [0.25, 0.3) is 10.9 Å². The maximum atomic E-state index is 12.4. The van der Waals surface area contributed by atoms with E-state index in [1.54, 1.807) is 7.11 Å². The number of piperazine rings is 1. The van der Waals surface area contributed by atoms with E-state index in [-0.39, 0.29) is 24.9 Å². The number of benzene rings is 2. The number of para-hydroxylation sites is 1. The lowest BCUT2D eigenvalue weighted by molar-refractivity contribution is -0.144. The maximum Gasteiger partial charge on any atom is 0.325 e. The van der Waals surface area contributed by atoms with E-state index in [2.05, 4.69) is 59.3 Å². The molecule has 190 valence electrons. The van der Waals surface area contributed by atoms with E-state index in [4.69, 9.17) is 9.47 Å². The van der Waals surface area contributed by atoms with E-state index < -0.39 is 0 Å². The van der Waals surface area contributed by atoms with Gasteiger partial charge in [-0.2, -0.15) is 0 Å². The molecule has 2 heterocycles. The van der Waals surface area contributed by atoms with Gasteiger partial charge in [0.15, 0.2) is 0 Å². The second-order valence-corrected chi connectivity index (χ2v) is 9.01. The first kappa shape index (κ1) is 26.9. The van der Waals surface area contributed by atoms with Crippen LogP contribution in [-0.2, 0) is 22.5 Å². The number of esters is 1. The molecule has 0 unspecified atom stereocenters. The number of methoxy groups -OCH3 is 1. The molecule has 7 heteroatoms. The van der Waals surface area contributed by atoms with E-state index >= 15 is 0 Å². The average molecular weight is 500 g/mol. The van der Waals surface area contributed by atoms with Crippen molar-refractivity contribution in [2.75, 3.05) is 51.3 Å². The van der Waals surface area contributed by atoms with Crippen LogP contribution < -0.4 is 9.64 Å². The molecule has 1 saturated heterocycles. The summed E-state index contributed by atoms with van der Waals surface area (Å²) in [5.74, 6) is 0.748. The van der Waals surface area contributed by atoms with Gasteiger partial charge in [-0.3, -0.25) is 9.69 Å². The van der Waals surface area contributed by atoms with Gasteiger partial charge in [0.2, 0.25) is 0 Å². The zero-order chi connectivity index (χ0) is 23.8. The van der Waals surface area contributed by atoms with Crippen LogP contribution in [0.4, 0.5) is 5.69 Å². The van der Waals surface area contributed by atoms with Crippen LogP contribution in [0.15, 0.2) is 54.7 Å². The first-order valence-corrected chi connectivity index (χ1v) is 12.5. The lowest BCUT2D eigenvalue weighted by Gasteiger charge is -2.36. The number of nitrogens with zero attached hydrogens (tertiary/aromatic N) is 3. The van der Waals surface area contributed by atoms with Gasteiger partial charge in [-0.1, -0.05) is 44.0 Å². The molecule has 0 radical (unpaired) electrons. The van der Waals surface area contributed by atoms with Gasteiger partial charge < -0.3 is 18.9 Å². The number of anilines is 1. The zero-order valence-corrected chi connectivity index (χ0v) is 21.8. The molecule has 35 heavy (non-hydrogen) atoms. The number of unbranched alkanes of at least 4 members (excludes halogenated alkanes) is 2. The fourth-order valence-electron chi connectivity index (χ4n) is 4.69. The number of rotatable bonds is 11. The highest BCUT2D eigenvalue weighted by molar-refractivity contribution is 5.86. The summed E-state index contributed by atoms with van der Waals surface area (Å²) in [5, 5.41) is 1.23. The number of carbonyl (C=O) groups is 1. The van der Waals surface area contributed by atoms with Crippen LogP contribution in [0.1, 0.15) is 31.7 Å². The van der Waals surface area contributed by atoms with Crippen molar-refractivity contribution >= 4 is 35.0 Å². The Balaban J connectivity index is 0.00000342. The average Bonchev–Trinajstić information content (AvgIpc) is 3.23. The van der Waals surface area contributed by atoms with Gasteiger partial charge in [0, 0.05) is 61.6 Å². The second kappa shape index (κ2) is 13.4. The van der Waals surface area contributed by atoms with Crippen LogP contribution in [0, 0.1) is 0 Å². The second-order valence-electron chi connectivity index (χ2n) is 9.01. The highest BCUT2D eigenvalue weighted by atomic mass is 35.5. The summed E-state index contributed by atoms with van der Waals surface area (Å²) in [6, 6.07) is 16.7. The number of carbonyl (C=O) groups excluding carboxylic acids is 1. The highest BCUT2D eigenvalue weighted by Gasteiger charge is 2.18. The monoisotopic (exact) mass is 499 g/mol. The molecule has 0 amide bonds. The summed E-state index contributed by atoms with van der Waals surface area (Å²) in [4.78, 5) is 17.3. The minimum Gasteiger partial charge on any atom is -0.497 e. The van der Waals surface area contributed by atoms with E-state index in [1.165, 1.54) is 16.6 Å². The number of halogens is 1. The molecular formula is C28H38ClN3O3. The van der Waals surface area contributed by atoms with Crippen LogP contribution in [0.3, 0.4) is 0 Å². The van der Waals surface area contributed by atoms with Gasteiger partial charge in [-0.05, 0) is 36.6 Å². The molecule has 0 aliphatic carbocycles. The normalized spacial score (nSPS) is 14.1. The quantitative estimate of drug-likeness (QED) is 0.269. The third-order valence-electron chi connectivity index (χ3n) is 6.67. The first-order valence-electron chi connectivity index (χ1n) is 12.5. The van der Waals surface area contributed by atoms with Crippen LogP contribution in [-0.4, -0.2) is 61.9 Å². The first-order chi connectivity index (χ1) is 16.7. The molecule has 6 nitrogen and oxygen atoms in total. The fourth-order valence-corrected chi connectivity index (χ4v) is 4.69. The Bertz CT molecular complexity index is 1080. The van der Waals surface area contributed by atoms with Crippen molar-refractivity contribution in [3.63, 3.8) is 0 Å². The standard InChI is InChI=1S/C28H37N3O3.ClH/c1-3-4-7-19-34-28(32)22-31-21-23(26-11-5-6-12-27(26)31)13-14-29-15-17-30(18-16-29)24-9-8-10-25(20-24)33-2;/h5-6,8-12,20-21H,3-4,7,13-19,22H2,1-2H3;1H. The van der Waals surface area contributed by atoms with Crippen molar-refractivity contribution in [2.24, 2.45) is 0 Å². The van der Waals surface area contributed by atoms with E-state index in [1.807, 2.05) is 16.7 Å². The van der Waals surface area contributed by atoms with E-state index in [0.29, 0.717) is 6.61 Å². The molecule has 0 spiro atoms. The van der Waals surface area contributed by atoms with Gasteiger partial charge >= 0.3 is 5.97 Å². The van der Waals surface area contributed by atoms with Crippen molar-refractivity contribution in [1.29, 1.82) is 0 Å². The van der Waals surface area contributed by atoms with Crippen molar-refractivity contribution in [3.05, 3.63) is 60.3 Å². The molecule has 0 bridgehead atoms. The van der Waals surface area contributed by atoms with Crippen molar-refractivity contribution in [1.82, 2.24) is 9.47 Å². The van der Waals surface area contributed by atoms with Gasteiger partial charge in [-0.15, -0.1) is 12.4 Å². The minimum atomic E-state index is -0.155. The van der Waals surface area contributed by atoms with Crippen molar-refractivity contribution in [2.45, 2.75) is 39.2 Å². The molecule has 2 aromatic carbocycles. The number of ether oxygens (including phenoxy) is 2. The SMILES string of the molecule is CCCCCOC(=O)Cn1cc(CCN2CCN(c3cccc(OC)c3)CC2)c2ccccc21.Cl. The topological polar surface area (TPSA) is 46.9 Å². The summed E-state index contributed by atoms with van der Waals surface area (Å²) in [6.45, 7) is 8.06. The minimum absolute atomic E-state index is 0. The van der Waals surface area contributed by atoms with Crippen molar-refractivity contribution < 1.29 is 14.3 Å². The van der Waals surface area contributed by atoms with E-state index in [0.717, 1.165) is 69.7 Å². The van der Waals surface area contributed by atoms with Crippen molar-refractivity contribution in [3.8, 4) is 5.75 Å². The predicted molar refractivity (Wildman–Crippen MR) is 145 cm³/mol. The summed E-state index contributed by atoms with van der Waals surface area (Å²) >= 11 is 0. The highest BCUT2D eigenvalue weighted by Crippen LogP contribution is 2.24. The molecular weight excluding hydrogens is 462 g/mol. The van der Waals surface area contributed by atoms with Crippen LogP contribution in [0.5, 0.6) is 5.75 Å². The Labute approximate surface area is 215 Å². The summed E-state index contributed by atoms with van der Waals surface area (Å²) in [6.07, 6.45) is 6.27. The predicted octanol–water partition coefficient (Wildman–Crippen LogP) is 5.17. The summed E-state index contributed by atoms with van der Waals surface area (Å²) in [7, 11) is 1.71. The molecule has 0 atom stereocenters. The number of hydrogen-bond donors (Lipinski definition) is 0. The zero-order valence-electron chi connectivity index (χ0n) is 20.9. The van der Waals surface area contributed by atoms with Gasteiger partial charge in [-0.25, -0.2) is 0 Å². The smallest absolute Gasteiger partial charge is 0.325 e. The summed E-state index contributed by atoms with van der Waals surface area (Å²) < 4.78 is 12.9. The molecule has 1 aromatic heterocycles. The summed E-state index contributed by atoms with van der Waals surface area (Å²) in [5.41, 5.74) is 3.62. The maximum absolute atomic E-state index is 12.4. The number of aromatic nitrogens is 1. The Morgan fingerprint density at radius 2 is 1.80 bits per heavy atom. The van der Waals surface area contributed by atoms with Crippen LogP contribution in [0.2, 0.25) is 0 Å². The van der Waals surface area contributed by atoms with Crippen LogP contribution >= 0.6 is 12.4 Å². The Hall–Kier alpha value is -2.70. The lowest BCUT2D eigenvalue weighted by Crippen LogP contribution is -2.47. The molecule has 1 aliphatic rings. The molecule has 1 fully saturated rings. The molecule has 1 aliphatic heterocycles. The van der Waals surface area contributed by atoms with Gasteiger partial charge in [0.25, 0.3) is 0 Å². The van der Waals surface area contributed by atoms with Gasteiger partial charge in [0.1, 0.15) is 12.3 Å². The Morgan fingerprint density at radius 3 is 2.57 bits per heavy atom. The Kier molecular flexibility index (Phi) is 10.3. The lowest BCUT2D eigenvalue weighted by atomic mass is 10.1. The third-order valence-corrected chi connectivity index (χ3v) is 6.67. The third kappa shape index (κ3) is 7.15. The number of fused-ring (bicyclic) bond motifs is 1. The van der Waals surface area contributed by atoms with E-state index in [9.17, 15) is 4.79 Å². The Morgan fingerprint density at radius 1 is 1.00 bits per heavy atom. The molecule has 0 saturated carbocycles. The molecule has 4 rings (SSSR count). The number of hydrogen-bond acceptors (Lipinski definition) is 5. The fraction of sp³-hybridized carbons (Fsp3) is 0.464. The molecule has 0 N–H and O–H groups in total. The van der Waals surface area contributed by atoms with Gasteiger partial charge in [0.05, 0.1) is 13.7 Å². The largest absolute Gasteiger partial charge is 0.497 e.